The summed E-state index contributed by atoms with van der Waals surface area (Å²) in [6.07, 6.45) is 6.38. The number of nitrogens with zero attached hydrogens (tertiary/aromatic N) is 1. The van der Waals surface area contributed by atoms with E-state index >= 15 is 0 Å². The van der Waals surface area contributed by atoms with Crippen LogP contribution >= 0.6 is 11.3 Å². The average Bonchev–Trinajstić information content (AvgIpc) is 3.26. The third-order valence-corrected chi connectivity index (χ3v) is 7.62. The number of fused-ring (bicyclic) bond motifs is 1. The van der Waals surface area contributed by atoms with Gasteiger partial charge in [-0.3, -0.25) is 9.59 Å². The lowest BCUT2D eigenvalue weighted by molar-refractivity contribution is -0.123. The Kier molecular flexibility index (Phi) is 5.27. The first-order chi connectivity index (χ1) is 14.6. The van der Waals surface area contributed by atoms with E-state index in [1.165, 1.54) is 6.42 Å². The number of hydrogen-bond donors (Lipinski definition) is 1. The van der Waals surface area contributed by atoms with Crippen LogP contribution in [0, 0.1) is 0 Å². The smallest absolute Gasteiger partial charge is 0.254 e. The van der Waals surface area contributed by atoms with Crippen molar-refractivity contribution in [2.24, 2.45) is 0 Å². The van der Waals surface area contributed by atoms with Crippen molar-refractivity contribution in [1.29, 1.82) is 0 Å². The van der Waals surface area contributed by atoms with Crippen molar-refractivity contribution in [2.75, 3.05) is 13.1 Å². The fraction of sp³-hybridized carbons (Fsp3) is 0.500. The molecule has 2 fully saturated rings. The van der Waals surface area contributed by atoms with Gasteiger partial charge in [0.15, 0.2) is 0 Å². The number of ether oxygens (including phenoxy) is 1. The fourth-order valence-corrected chi connectivity index (χ4v) is 5.61. The highest BCUT2D eigenvalue weighted by molar-refractivity contribution is 7.08. The van der Waals surface area contributed by atoms with Gasteiger partial charge in [0.2, 0.25) is 5.91 Å². The molecular formula is C24H28N2O3S. The molecule has 0 unspecified atom stereocenters. The van der Waals surface area contributed by atoms with E-state index in [0.717, 1.165) is 49.0 Å². The van der Waals surface area contributed by atoms with Crippen LogP contribution in [0.15, 0.2) is 41.1 Å². The van der Waals surface area contributed by atoms with E-state index in [4.69, 9.17) is 4.74 Å². The van der Waals surface area contributed by atoms with Crippen molar-refractivity contribution < 1.29 is 14.3 Å². The van der Waals surface area contributed by atoms with Crippen LogP contribution in [0.2, 0.25) is 0 Å². The van der Waals surface area contributed by atoms with Crippen molar-refractivity contribution in [2.45, 2.75) is 62.5 Å². The molecule has 0 radical (unpaired) electrons. The summed E-state index contributed by atoms with van der Waals surface area (Å²) in [7, 11) is 0. The van der Waals surface area contributed by atoms with Crippen LogP contribution in [0.1, 0.15) is 66.8 Å². The SMILES string of the molecule is O=C(C[C@@H]1CC2(CCN(C(=O)c3ccsc3)CC2)Oc2ccccc21)NC1CCC1. The minimum absolute atomic E-state index is 0.110. The van der Waals surface area contributed by atoms with Crippen LogP contribution in [0.4, 0.5) is 0 Å². The largest absolute Gasteiger partial charge is 0.487 e. The second-order valence-corrected chi connectivity index (χ2v) is 9.71. The van der Waals surface area contributed by atoms with Gasteiger partial charge in [-0.1, -0.05) is 18.2 Å². The van der Waals surface area contributed by atoms with Crippen LogP contribution in [0.25, 0.3) is 0 Å². The molecule has 2 amide bonds. The van der Waals surface area contributed by atoms with Crippen LogP contribution in [0.5, 0.6) is 5.75 Å². The molecular weight excluding hydrogens is 396 g/mol. The number of piperidine rings is 1. The summed E-state index contributed by atoms with van der Waals surface area (Å²) in [6.45, 7) is 1.38. The van der Waals surface area contributed by atoms with Gasteiger partial charge in [-0.25, -0.2) is 0 Å². The number of amides is 2. The van der Waals surface area contributed by atoms with Gasteiger partial charge < -0.3 is 15.0 Å². The molecule has 2 aromatic rings. The van der Waals surface area contributed by atoms with E-state index in [1.807, 2.05) is 39.9 Å². The Morgan fingerprint density at radius 2 is 1.97 bits per heavy atom. The summed E-state index contributed by atoms with van der Waals surface area (Å²) < 4.78 is 6.54. The average molecular weight is 425 g/mol. The maximum absolute atomic E-state index is 12.7. The van der Waals surface area contributed by atoms with Crippen molar-refractivity contribution in [3.05, 3.63) is 52.2 Å². The monoisotopic (exact) mass is 424 g/mol. The van der Waals surface area contributed by atoms with Crippen molar-refractivity contribution in [3.8, 4) is 5.75 Å². The second-order valence-electron chi connectivity index (χ2n) is 8.93. The molecule has 30 heavy (non-hydrogen) atoms. The number of thiophene rings is 1. The highest BCUT2D eigenvalue weighted by atomic mass is 32.1. The predicted molar refractivity (Wildman–Crippen MR) is 117 cm³/mol. The zero-order valence-corrected chi connectivity index (χ0v) is 18.0. The molecule has 6 heteroatoms. The minimum atomic E-state index is -0.290. The number of carbonyl (C=O) groups is 2. The quantitative estimate of drug-likeness (QED) is 0.794. The predicted octanol–water partition coefficient (Wildman–Crippen LogP) is 4.35. The van der Waals surface area contributed by atoms with Gasteiger partial charge >= 0.3 is 0 Å². The standard InChI is InChI=1S/C24H28N2O3S/c27-22(25-19-4-3-5-19)14-18-15-24(29-21-7-2-1-6-20(18)21)9-11-26(12-10-24)23(28)17-8-13-30-16-17/h1-2,6-8,13,16,18-19H,3-5,9-12,14-15H2,(H,25,27)/t18-/m1/s1. The van der Waals surface area contributed by atoms with Gasteiger partial charge in [0.25, 0.3) is 5.91 Å². The van der Waals surface area contributed by atoms with Crippen LogP contribution in [0.3, 0.4) is 0 Å². The number of hydrogen-bond acceptors (Lipinski definition) is 4. The fourth-order valence-electron chi connectivity index (χ4n) is 4.98. The summed E-state index contributed by atoms with van der Waals surface area (Å²) in [5, 5.41) is 7.05. The summed E-state index contributed by atoms with van der Waals surface area (Å²) in [5.41, 5.74) is 1.63. The van der Waals surface area contributed by atoms with Crippen LogP contribution in [-0.4, -0.2) is 41.4 Å². The molecule has 0 bridgehead atoms. The molecule has 1 aromatic carbocycles. The summed E-state index contributed by atoms with van der Waals surface area (Å²) in [6, 6.07) is 10.4. The van der Waals surface area contributed by atoms with Crippen molar-refractivity contribution in [3.63, 3.8) is 0 Å². The lowest BCUT2D eigenvalue weighted by Gasteiger charge is -2.47. The third kappa shape index (κ3) is 3.85. The molecule has 1 aliphatic carbocycles. The number of rotatable bonds is 4. The van der Waals surface area contributed by atoms with E-state index in [-0.39, 0.29) is 23.3 Å². The third-order valence-electron chi connectivity index (χ3n) is 6.94. The Balaban J connectivity index is 1.29. The Morgan fingerprint density at radius 3 is 2.67 bits per heavy atom. The van der Waals surface area contributed by atoms with E-state index in [9.17, 15) is 9.59 Å². The summed E-state index contributed by atoms with van der Waals surface area (Å²) >= 11 is 1.55. The maximum atomic E-state index is 12.7. The maximum Gasteiger partial charge on any atom is 0.254 e. The molecule has 1 saturated carbocycles. The first-order valence-electron chi connectivity index (χ1n) is 11.0. The van der Waals surface area contributed by atoms with Gasteiger partial charge in [-0.05, 0) is 48.8 Å². The Labute approximate surface area is 181 Å². The molecule has 158 valence electrons. The van der Waals surface area contributed by atoms with Crippen molar-refractivity contribution in [1.82, 2.24) is 10.2 Å². The second kappa shape index (κ2) is 8.06. The molecule has 3 aliphatic rings. The number of carbonyl (C=O) groups excluding carboxylic acids is 2. The molecule has 5 rings (SSSR count). The number of benzene rings is 1. The zero-order valence-electron chi connectivity index (χ0n) is 17.1. The van der Waals surface area contributed by atoms with Crippen molar-refractivity contribution >= 4 is 23.2 Å². The number of likely N-dealkylation sites (tertiary alicyclic amines) is 1. The van der Waals surface area contributed by atoms with Gasteiger partial charge in [-0.2, -0.15) is 11.3 Å². The minimum Gasteiger partial charge on any atom is -0.487 e. The van der Waals surface area contributed by atoms with E-state index in [1.54, 1.807) is 11.3 Å². The molecule has 2 aliphatic heterocycles. The van der Waals surface area contributed by atoms with Gasteiger partial charge in [0.1, 0.15) is 11.4 Å². The molecule has 1 spiro atoms. The van der Waals surface area contributed by atoms with Gasteiger partial charge in [-0.15, -0.1) is 0 Å². The normalized spacial score (nSPS) is 22.7. The number of nitrogens with one attached hydrogen (secondary N) is 1. The summed E-state index contributed by atoms with van der Waals surface area (Å²) in [4.78, 5) is 27.3. The first kappa shape index (κ1) is 19.6. The van der Waals surface area contributed by atoms with E-state index < -0.39 is 0 Å². The highest BCUT2D eigenvalue weighted by Crippen LogP contribution is 2.46. The lowest BCUT2D eigenvalue weighted by Crippen LogP contribution is -2.52. The van der Waals surface area contributed by atoms with Crippen LogP contribution < -0.4 is 10.1 Å². The molecule has 5 nitrogen and oxygen atoms in total. The Hall–Kier alpha value is -2.34. The number of para-hydroxylation sites is 1. The zero-order chi connectivity index (χ0) is 20.6. The Bertz CT molecular complexity index is 914. The van der Waals surface area contributed by atoms with Crippen LogP contribution in [-0.2, 0) is 4.79 Å². The summed E-state index contributed by atoms with van der Waals surface area (Å²) in [5.74, 6) is 1.33. The molecule has 1 N–H and O–H groups in total. The first-order valence-corrected chi connectivity index (χ1v) is 11.9. The topological polar surface area (TPSA) is 58.6 Å². The van der Waals surface area contributed by atoms with Gasteiger partial charge in [0.05, 0.1) is 5.56 Å². The lowest BCUT2D eigenvalue weighted by atomic mass is 9.76. The molecule has 1 atom stereocenters. The molecule has 1 aromatic heterocycles. The van der Waals surface area contributed by atoms with Gasteiger partial charge in [0, 0.05) is 49.7 Å². The Morgan fingerprint density at radius 1 is 1.17 bits per heavy atom. The molecule has 1 saturated heterocycles. The van der Waals surface area contributed by atoms with E-state index in [2.05, 4.69) is 11.4 Å². The van der Waals surface area contributed by atoms with E-state index in [0.29, 0.717) is 25.6 Å². The molecule has 3 heterocycles. The highest BCUT2D eigenvalue weighted by Gasteiger charge is 2.44.